The summed E-state index contributed by atoms with van der Waals surface area (Å²) in [6.07, 6.45) is -3.58. The Kier molecular flexibility index (Phi) is 28.6. The number of amides is 11. The third-order valence-corrected chi connectivity index (χ3v) is 11.9. The Bertz CT molecular complexity index is 2280. The molecule has 78 heavy (non-hydrogen) atoms. The number of hydrogen-bond donors (Lipinski definition) is 17. The number of aliphatic hydroxyl groups is 2. The van der Waals surface area contributed by atoms with Gasteiger partial charge in [-0.3, -0.25) is 57.5 Å². The van der Waals surface area contributed by atoms with Crippen LogP contribution in [0.4, 0.5) is 0 Å². The molecule has 1 heterocycles. The van der Waals surface area contributed by atoms with Crippen molar-refractivity contribution in [3.05, 3.63) is 18.2 Å². The van der Waals surface area contributed by atoms with Crippen molar-refractivity contribution in [2.75, 3.05) is 0 Å². The Labute approximate surface area is 449 Å². The quantitative estimate of drug-likeness (QED) is 0.0301. The average molecular weight is 1110 g/mol. The van der Waals surface area contributed by atoms with Crippen LogP contribution in [0.25, 0.3) is 0 Å². The second kappa shape index (κ2) is 32.7. The van der Waals surface area contributed by atoms with Gasteiger partial charge in [-0.1, -0.05) is 48.0 Å². The van der Waals surface area contributed by atoms with Gasteiger partial charge in [-0.2, -0.15) is 0 Å². The van der Waals surface area contributed by atoms with E-state index in [2.05, 4.69) is 57.8 Å². The van der Waals surface area contributed by atoms with E-state index >= 15 is 0 Å². The van der Waals surface area contributed by atoms with E-state index in [1.807, 2.05) is 0 Å². The molecule has 31 nitrogen and oxygen atoms in total. The van der Waals surface area contributed by atoms with Crippen LogP contribution in [0.1, 0.15) is 107 Å². The second-order valence-electron chi connectivity index (χ2n) is 19.7. The van der Waals surface area contributed by atoms with Crippen molar-refractivity contribution in [3.63, 3.8) is 0 Å². The molecule has 1 rings (SSSR count). The fourth-order valence-corrected chi connectivity index (χ4v) is 7.29. The molecule has 0 aromatic carbocycles. The molecule has 0 aliphatic heterocycles. The van der Waals surface area contributed by atoms with Crippen LogP contribution in [0, 0.1) is 17.8 Å². The summed E-state index contributed by atoms with van der Waals surface area (Å²) in [6, 6.07) is -16.0. The monoisotopic (exact) mass is 1110 g/mol. The molecule has 438 valence electrons. The number of nitrogens with one attached hydrogen (secondary N) is 10. The number of nitrogens with two attached hydrogens (primary N) is 3. The zero-order chi connectivity index (χ0) is 59.9. The normalized spacial score (nSPS) is 16.2. The first-order valence-corrected chi connectivity index (χ1v) is 25.0. The number of rotatable bonds is 35. The fourth-order valence-electron chi connectivity index (χ4n) is 7.29. The van der Waals surface area contributed by atoms with Crippen molar-refractivity contribution in [3.8, 4) is 0 Å². The third kappa shape index (κ3) is 23.6. The molecular weight excluding hydrogens is 1030 g/mol. The summed E-state index contributed by atoms with van der Waals surface area (Å²) >= 11 is 0. The van der Waals surface area contributed by atoms with Crippen LogP contribution in [0.5, 0.6) is 0 Å². The SMILES string of the molecule is CC[C@H](C)[C@H](NC(=O)[C@H](CC(N)=O)NC(=O)[C@@H](NC(=O)[C@@H](NC(=O)[C@H](C)NC(=O)[C@@H](N)CC(N)=O)[C@@H](C)O)[C@@H](C)O)C(=O)N[C@@H](CC(C)C)C(=O)N[C@@H](CCC(=O)O)C(=O)N[C@@H](Cc1cnc[nH]1)C(=O)N[C@H](C(=O)O)C(C)C. The number of carbonyl (C=O) groups excluding carboxylic acids is 11. The minimum atomic E-state index is -1.96. The highest BCUT2D eigenvalue weighted by Gasteiger charge is 2.39. The maximum atomic E-state index is 14.2. The van der Waals surface area contributed by atoms with Gasteiger partial charge in [0.2, 0.25) is 65.0 Å². The summed E-state index contributed by atoms with van der Waals surface area (Å²) in [6.45, 7) is 13.0. The van der Waals surface area contributed by atoms with Crippen LogP contribution in [-0.4, -0.2) is 180 Å². The van der Waals surface area contributed by atoms with E-state index in [0.29, 0.717) is 5.69 Å². The number of carboxylic acids is 2. The molecule has 0 aliphatic carbocycles. The third-order valence-electron chi connectivity index (χ3n) is 11.9. The lowest BCUT2D eigenvalue weighted by Gasteiger charge is -2.30. The first-order chi connectivity index (χ1) is 36.2. The Morgan fingerprint density at radius 1 is 0.551 bits per heavy atom. The van der Waals surface area contributed by atoms with Gasteiger partial charge >= 0.3 is 11.9 Å². The summed E-state index contributed by atoms with van der Waals surface area (Å²) < 4.78 is 0. The van der Waals surface area contributed by atoms with Crippen LogP contribution in [-0.2, 0) is 68.7 Å². The van der Waals surface area contributed by atoms with Crippen molar-refractivity contribution in [2.45, 2.75) is 180 Å². The van der Waals surface area contributed by atoms with Crippen LogP contribution < -0.4 is 65.1 Å². The lowest BCUT2D eigenvalue weighted by Crippen LogP contribution is -2.63. The van der Waals surface area contributed by atoms with Gasteiger partial charge < -0.3 is 90.5 Å². The van der Waals surface area contributed by atoms with Gasteiger partial charge in [0, 0.05) is 24.7 Å². The van der Waals surface area contributed by atoms with Crippen molar-refractivity contribution in [1.82, 2.24) is 57.8 Å². The number of nitrogens with zero attached hydrogens (tertiary/aromatic N) is 1. The molecule has 0 spiro atoms. The summed E-state index contributed by atoms with van der Waals surface area (Å²) in [5.41, 5.74) is 16.4. The molecule has 1 aromatic rings. The predicted octanol–water partition coefficient (Wildman–Crippen LogP) is -6.13. The number of carboxylic acid groups (broad SMARTS) is 2. The number of H-pyrrole nitrogens is 1. The molecule has 11 amide bonds. The van der Waals surface area contributed by atoms with Gasteiger partial charge in [0.25, 0.3) is 0 Å². The topological polar surface area (TPSA) is 518 Å². The summed E-state index contributed by atoms with van der Waals surface area (Å²) in [5.74, 6) is -16.1. The molecular formula is C47H78N14O17. The Balaban J connectivity index is 3.46. The number of imidazole rings is 1. The van der Waals surface area contributed by atoms with Crippen molar-refractivity contribution in [1.29, 1.82) is 0 Å². The largest absolute Gasteiger partial charge is 0.481 e. The van der Waals surface area contributed by atoms with E-state index in [4.69, 9.17) is 17.2 Å². The molecule has 31 heteroatoms. The number of hydrogen-bond acceptors (Lipinski definition) is 17. The summed E-state index contributed by atoms with van der Waals surface area (Å²) in [4.78, 5) is 176. The molecule has 20 N–H and O–H groups in total. The van der Waals surface area contributed by atoms with Crippen molar-refractivity contribution >= 4 is 76.9 Å². The number of aromatic amines is 1. The van der Waals surface area contributed by atoms with Gasteiger partial charge in [0.15, 0.2) is 0 Å². The first-order valence-electron chi connectivity index (χ1n) is 25.0. The van der Waals surface area contributed by atoms with E-state index in [0.717, 1.165) is 13.8 Å². The zero-order valence-electron chi connectivity index (χ0n) is 45.0. The molecule has 0 bridgehead atoms. The highest BCUT2D eigenvalue weighted by atomic mass is 16.4. The van der Waals surface area contributed by atoms with Gasteiger partial charge in [0.05, 0.1) is 37.4 Å². The number of aliphatic hydroxyl groups excluding tert-OH is 2. The zero-order valence-corrected chi connectivity index (χ0v) is 45.0. The molecule has 0 unspecified atom stereocenters. The van der Waals surface area contributed by atoms with Gasteiger partial charge in [0.1, 0.15) is 54.4 Å². The lowest BCUT2D eigenvalue weighted by atomic mass is 9.96. The average Bonchev–Trinajstić information content (AvgIpc) is 3.85. The standard InChI is InChI=1S/C47H78N14O17/c1-10-21(6)35(59-43(73)30(16-32(50)65)57-45(75)36(23(8)62)61-46(76)37(24(9)63)60-38(68)22(7)53-39(69)26(48)15-31(49)64)44(74)56-28(13-19(2)3)41(71)54-27(11-12-33(66)67)40(70)55-29(14-25-17-51-18-52-25)42(72)58-34(20(4)5)47(77)78/h17-24,26-30,34-37,62-63H,10-16,48H2,1-9H3,(H2,49,64)(H2,50,65)(H,51,52)(H,53,69)(H,54,71)(H,55,70)(H,56,74)(H,57,75)(H,58,72)(H,59,73)(H,60,68)(H,61,76)(H,66,67)(H,77,78)/t21-,22-,23+,24+,26-,27-,28-,29-,30-,34-,35-,36-,37-/m0/s1. The summed E-state index contributed by atoms with van der Waals surface area (Å²) in [7, 11) is 0. The van der Waals surface area contributed by atoms with E-state index < -0.39 is 187 Å². The Morgan fingerprint density at radius 3 is 1.47 bits per heavy atom. The molecule has 13 atom stereocenters. The molecule has 1 aromatic heterocycles. The van der Waals surface area contributed by atoms with Gasteiger partial charge in [-0.15, -0.1) is 0 Å². The molecule has 0 saturated carbocycles. The van der Waals surface area contributed by atoms with Crippen molar-refractivity contribution < 1.29 is 82.8 Å². The van der Waals surface area contributed by atoms with Crippen LogP contribution in [0.3, 0.4) is 0 Å². The van der Waals surface area contributed by atoms with Gasteiger partial charge in [-0.25, -0.2) is 9.78 Å². The Hall–Kier alpha value is -7.80. The summed E-state index contributed by atoms with van der Waals surface area (Å²) in [5, 5.41) is 61.3. The fraction of sp³-hybridized carbons (Fsp3) is 0.660. The molecule has 0 fully saturated rings. The van der Waals surface area contributed by atoms with Crippen molar-refractivity contribution in [2.24, 2.45) is 35.0 Å². The first kappa shape index (κ1) is 68.2. The maximum Gasteiger partial charge on any atom is 0.326 e. The van der Waals surface area contributed by atoms with Gasteiger partial charge in [-0.05, 0) is 51.4 Å². The molecule has 0 saturated heterocycles. The van der Waals surface area contributed by atoms with E-state index in [9.17, 15) is 82.8 Å². The number of carbonyl (C=O) groups is 13. The highest BCUT2D eigenvalue weighted by Crippen LogP contribution is 2.14. The van der Waals surface area contributed by atoms with Crippen LogP contribution in [0.2, 0.25) is 0 Å². The predicted molar refractivity (Wildman–Crippen MR) is 273 cm³/mol. The van der Waals surface area contributed by atoms with Crippen LogP contribution >= 0.6 is 0 Å². The van der Waals surface area contributed by atoms with E-state index in [1.165, 1.54) is 26.4 Å². The molecule has 0 aliphatic rings. The Morgan fingerprint density at radius 2 is 1.00 bits per heavy atom. The van der Waals surface area contributed by atoms with E-state index in [-0.39, 0.29) is 25.2 Å². The van der Waals surface area contributed by atoms with Crippen LogP contribution in [0.15, 0.2) is 12.5 Å². The smallest absolute Gasteiger partial charge is 0.326 e. The molecule has 0 radical (unpaired) electrons. The lowest BCUT2D eigenvalue weighted by molar-refractivity contribution is -0.143. The maximum absolute atomic E-state index is 14.2. The minimum absolute atomic E-state index is 0.0994. The number of primary amides is 2. The minimum Gasteiger partial charge on any atom is -0.481 e. The number of aromatic nitrogens is 2. The van der Waals surface area contributed by atoms with E-state index in [1.54, 1.807) is 34.6 Å². The highest BCUT2D eigenvalue weighted by molar-refractivity contribution is 6.00. The number of aliphatic carboxylic acids is 2. The second-order valence-corrected chi connectivity index (χ2v) is 19.7.